The number of carbonyl (C=O) groups is 2. The molecule has 124 valence electrons. The van der Waals surface area contributed by atoms with E-state index in [1.807, 2.05) is 6.07 Å². The first-order valence-electron chi connectivity index (χ1n) is 7.21. The Morgan fingerprint density at radius 3 is 2.72 bits per heavy atom. The lowest BCUT2D eigenvalue weighted by atomic mass is 10.2. The van der Waals surface area contributed by atoms with Crippen LogP contribution < -0.4 is 5.32 Å². The lowest BCUT2D eigenvalue weighted by Gasteiger charge is -2.13. The highest BCUT2D eigenvalue weighted by Gasteiger charge is 2.21. The number of ether oxygens (including phenoxy) is 1. The van der Waals surface area contributed by atoms with Crippen molar-refractivity contribution in [3.05, 3.63) is 59.6 Å². The highest BCUT2D eigenvalue weighted by Crippen LogP contribution is 2.12. The number of nitriles is 2. The summed E-state index contributed by atoms with van der Waals surface area (Å²) < 4.78 is 10.0. The van der Waals surface area contributed by atoms with Crippen LogP contribution in [0.2, 0.25) is 0 Å². The molecular weight excluding hydrogens is 322 g/mol. The number of furan rings is 1. The molecule has 1 heterocycles. The first-order chi connectivity index (χ1) is 12.0. The predicted octanol–water partition coefficient (Wildman–Crippen LogP) is 2.63. The Hall–Kier alpha value is -3.84. The molecule has 0 saturated heterocycles. The van der Waals surface area contributed by atoms with Gasteiger partial charge in [0, 0.05) is 11.8 Å². The van der Waals surface area contributed by atoms with Gasteiger partial charge in [0.2, 0.25) is 0 Å². The summed E-state index contributed by atoms with van der Waals surface area (Å²) in [7, 11) is 0. The van der Waals surface area contributed by atoms with Crippen LogP contribution in [0, 0.1) is 22.7 Å². The number of nitrogens with one attached hydrogen (secondary N) is 1. The van der Waals surface area contributed by atoms with Gasteiger partial charge in [-0.3, -0.25) is 4.79 Å². The number of benzene rings is 1. The largest absolute Gasteiger partial charge is 0.465 e. The molecule has 1 aromatic carbocycles. The third kappa shape index (κ3) is 4.81. The number of hydrogen-bond acceptors (Lipinski definition) is 6. The van der Waals surface area contributed by atoms with Gasteiger partial charge < -0.3 is 14.5 Å². The standard InChI is InChI=1S/C18H13N3O4/c1-12(17(22)21-15-5-2-4-13(8-15)10-19)25-18(23)14(11-20)9-16-6-3-7-24-16/h2-9,12H,1H3,(H,21,22)/b14-9+/t12-/m0/s1. The Kier molecular flexibility index (Phi) is 5.70. The molecule has 7 heteroatoms. The van der Waals surface area contributed by atoms with Crippen LogP contribution >= 0.6 is 0 Å². The summed E-state index contributed by atoms with van der Waals surface area (Å²) in [5, 5.41) is 20.4. The first-order valence-corrected chi connectivity index (χ1v) is 7.21. The maximum absolute atomic E-state index is 12.1. The van der Waals surface area contributed by atoms with Crippen LogP contribution in [0.5, 0.6) is 0 Å². The van der Waals surface area contributed by atoms with Crippen molar-refractivity contribution in [3.63, 3.8) is 0 Å². The molecule has 1 amide bonds. The van der Waals surface area contributed by atoms with Gasteiger partial charge in [-0.2, -0.15) is 10.5 Å². The number of anilines is 1. The summed E-state index contributed by atoms with van der Waals surface area (Å²) in [6.45, 7) is 1.38. The van der Waals surface area contributed by atoms with Crippen molar-refractivity contribution in [1.29, 1.82) is 10.5 Å². The minimum atomic E-state index is -1.13. The topological polar surface area (TPSA) is 116 Å². The SMILES string of the molecule is C[C@H](OC(=O)/C(C#N)=C/c1ccco1)C(=O)Nc1cccc(C#N)c1. The van der Waals surface area contributed by atoms with Gasteiger partial charge in [-0.1, -0.05) is 6.07 Å². The number of nitrogens with zero attached hydrogens (tertiary/aromatic N) is 2. The molecule has 1 atom stereocenters. The zero-order chi connectivity index (χ0) is 18.2. The smallest absolute Gasteiger partial charge is 0.349 e. The molecule has 0 saturated carbocycles. The van der Waals surface area contributed by atoms with Crippen molar-refractivity contribution in [1.82, 2.24) is 0 Å². The number of amides is 1. The highest BCUT2D eigenvalue weighted by molar-refractivity contribution is 6.00. The van der Waals surface area contributed by atoms with Crippen LogP contribution in [0.1, 0.15) is 18.2 Å². The molecule has 25 heavy (non-hydrogen) atoms. The van der Waals surface area contributed by atoms with Crippen molar-refractivity contribution in [3.8, 4) is 12.1 Å². The van der Waals surface area contributed by atoms with Crippen molar-refractivity contribution in [2.75, 3.05) is 5.32 Å². The summed E-state index contributed by atoms with van der Waals surface area (Å²) in [6, 6.07) is 13.1. The molecule has 7 nitrogen and oxygen atoms in total. The molecule has 1 aromatic heterocycles. The van der Waals surface area contributed by atoms with Crippen molar-refractivity contribution in [2.24, 2.45) is 0 Å². The molecule has 1 N–H and O–H groups in total. The summed E-state index contributed by atoms with van der Waals surface area (Å²) in [4.78, 5) is 24.1. The fraction of sp³-hybridized carbons (Fsp3) is 0.111. The normalized spacial score (nSPS) is 11.7. The third-order valence-electron chi connectivity index (χ3n) is 3.08. The molecule has 0 aliphatic heterocycles. The van der Waals surface area contributed by atoms with E-state index in [4.69, 9.17) is 19.7 Å². The summed E-state index contributed by atoms with van der Waals surface area (Å²) in [6.07, 6.45) is 1.49. The second kappa shape index (κ2) is 8.14. The second-order valence-electron chi connectivity index (χ2n) is 4.91. The number of esters is 1. The Morgan fingerprint density at radius 1 is 1.28 bits per heavy atom. The maximum atomic E-state index is 12.1. The summed E-state index contributed by atoms with van der Waals surface area (Å²) in [5.74, 6) is -1.20. The molecule has 0 aliphatic carbocycles. The quantitative estimate of drug-likeness (QED) is 0.510. The van der Waals surface area contributed by atoms with Gasteiger partial charge in [0.05, 0.1) is 17.9 Å². The van der Waals surface area contributed by atoms with E-state index in [0.717, 1.165) is 0 Å². The van der Waals surface area contributed by atoms with Crippen LogP contribution in [-0.2, 0) is 14.3 Å². The van der Waals surface area contributed by atoms with Crippen molar-refractivity contribution in [2.45, 2.75) is 13.0 Å². The summed E-state index contributed by atoms with van der Waals surface area (Å²) >= 11 is 0. The number of hydrogen-bond donors (Lipinski definition) is 1. The molecular formula is C18H13N3O4. The Morgan fingerprint density at radius 2 is 2.08 bits per heavy atom. The number of carbonyl (C=O) groups excluding carboxylic acids is 2. The van der Waals surface area contributed by atoms with Crippen molar-refractivity contribution >= 4 is 23.6 Å². The van der Waals surface area contributed by atoms with E-state index in [1.54, 1.807) is 36.4 Å². The van der Waals surface area contributed by atoms with Gasteiger partial charge in [-0.25, -0.2) is 4.79 Å². The van der Waals surface area contributed by atoms with Crippen LogP contribution in [0.25, 0.3) is 6.08 Å². The van der Waals surface area contributed by atoms with Gasteiger partial charge >= 0.3 is 5.97 Å². The van der Waals surface area contributed by atoms with Gasteiger partial charge in [-0.15, -0.1) is 0 Å². The van der Waals surface area contributed by atoms with Crippen LogP contribution in [0.4, 0.5) is 5.69 Å². The molecule has 0 spiro atoms. The third-order valence-corrected chi connectivity index (χ3v) is 3.08. The van der Waals surface area contributed by atoms with E-state index in [-0.39, 0.29) is 5.57 Å². The lowest BCUT2D eigenvalue weighted by molar-refractivity contribution is -0.148. The zero-order valence-corrected chi connectivity index (χ0v) is 13.2. The molecule has 2 rings (SSSR count). The molecule has 0 aliphatic rings. The van der Waals surface area contributed by atoms with Gasteiger partial charge in [0.15, 0.2) is 6.10 Å². The predicted molar refractivity (Wildman–Crippen MR) is 87.6 cm³/mol. The second-order valence-corrected chi connectivity index (χ2v) is 4.91. The van der Waals surface area contributed by atoms with Crippen LogP contribution in [-0.4, -0.2) is 18.0 Å². The molecule has 2 aromatic rings. The van der Waals surface area contributed by atoms with Crippen LogP contribution in [0.15, 0.2) is 52.7 Å². The molecule has 0 unspecified atom stereocenters. The van der Waals surface area contributed by atoms with Gasteiger partial charge in [0.1, 0.15) is 17.4 Å². The lowest BCUT2D eigenvalue weighted by Crippen LogP contribution is -2.30. The fourth-order valence-electron chi connectivity index (χ4n) is 1.84. The first kappa shape index (κ1) is 17.5. The summed E-state index contributed by atoms with van der Waals surface area (Å²) in [5.41, 5.74) is 0.496. The van der Waals surface area contributed by atoms with E-state index >= 15 is 0 Å². The van der Waals surface area contributed by atoms with E-state index < -0.39 is 18.0 Å². The average Bonchev–Trinajstić information content (AvgIpc) is 3.12. The van der Waals surface area contributed by atoms with Crippen LogP contribution in [0.3, 0.4) is 0 Å². The molecule has 0 bridgehead atoms. The molecule has 0 radical (unpaired) electrons. The Bertz CT molecular complexity index is 886. The highest BCUT2D eigenvalue weighted by atomic mass is 16.5. The van der Waals surface area contributed by atoms with E-state index in [2.05, 4.69) is 5.32 Å². The average molecular weight is 335 g/mol. The maximum Gasteiger partial charge on any atom is 0.349 e. The minimum absolute atomic E-state index is 0.291. The molecule has 0 fully saturated rings. The zero-order valence-electron chi connectivity index (χ0n) is 13.2. The minimum Gasteiger partial charge on any atom is -0.465 e. The number of rotatable bonds is 5. The van der Waals surface area contributed by atoms with Crippen molar-refractivity contribution < 1.29 is 18.7 Å². The fourth-order valence-corrected chi connectivity index (χ4v) is 1.84. The van der Waals surface area contributed by atoms with E-state index in [9.17, 15) is 9.59 Å². The van der Waals surface area contributed by atoms with E-state index in [0.29, 0.717) is 17.0 Å². The Balaban J connectivity index is 2.01. The van der Waals surface area contributed by atoms with Gasteiger partial charge in [0.25, 0.3) is 5.91 Å². The monoisotopic (exact) mass is 335 g/mol. The van der Waals surface area contributed by atoms with E-state index in [1.165, 1.54) is 25.3 Å². The van der Waals surface area contributed by atoms with Gasteiger partial charge in [-0.05, 0) is 37.3 Å². The Labute approximate surface area is 143 Å².